The molecule has 1 N–H and O–H groups in total. The predicted octanol–water partition coefficient (Wildman–Crippen LogP) is 1.88. The summed E-state index contributed by atoms with van der Waals surface area (Å²) in [6, 6.07) is 9.89. The number of carbonyl (C=O) groups excluding carboxylic acids is 1. The van der Waals surface area contributed by atoms with Gasteiger partial charge in [0, 0.05) is 19.3 Å². The fourth-order valence-corrected chi connectivity index (χ4v) is 2.67. The highest BCUT2D eigenvalue weighted by atomic mass is 16.2. The Kier molecular flexibility index (Phi) is 3.14. The quantitative estimate of drug-likeness (QED) is 0.858. The van der Waals surface area contributed by atoms with Gasteiger partial charge in [-0.1, -0.05) is 24.3 Å². The first-order valence-electron chi connectivity index (χ1n) is 6.71. The van der Waals surface area contributed by atoms with Crippen LogP contribution in [0.4, 0.5) is 0 Å². The van der Waals surface area contributed by atoms with E-state index in [-0.39, 0.29) is 17.0 Å². The average molecular weight is 268 g/mol. The van der Waals surface area contributed by atoms with Crippen molar-refractivity contribution in [2.45, 2.75) is 19.9 Å². The van der Waals surface area contributed by atoms with Crippen molar-refractivity contribution in [2.24, 2.45) is 0 Å². The molecule has 4 heteroatoms. The first-order chi connectivity index (χ1) is 9.66. The fraction of sp³-hybridized carbons (Fsp3) is 0.250. The lowest BCUT2D eigenvalue weighted by molar-refractivity contribution is 0.0732. The van der Waals surface area contributed by atoms with E-state index in [1.807, 2.05) is 18.2 Å². The number of nitrogens with one attached hydrogen (secondary N) is 1. The van der Waals surface area contributed by atoms with Crippen molar-refractivity contribution in [1.29, 1.82) is 0 Å². The topological polar surface area (TPSA) is 53.2 Å². The van der Waals surface area contributed by atoms with Crippen LogP contribution >= 0.6 is 0 Å². The number of aryl methyl sites for hydroxylation is 1. The second-order valence-corrected chi connectivity index (χ2v) is 5.11. The second kappa shape index (κ2) is 4.96. The summed E-state index contributed by atoms with van der Waals surface area (Å²) in [5, 5.41) is 0. The molecule has 2 aromatic rings. The van der Waals surface area contributed by atoms with E-state index < -0.39 is 0 Å². The van der Waals surface area contributed by atoms with Crippen LogP contribution in [0.2, 0.25) is 0 Å². The van der Waals surface area contributed by atoms with E-state index in [0.29, 0.717) is 13.1 Å². The van der Waals surface area contributed by atoms with Gasteiger partial charge in [0.05, 0.1) is 0 Å². The first kappa shape index (κ1) is 12.7. The van der Waals surface area contributed by atoms with Crippen LogP contribution in [0.3, 0.4) is 0 Å². The molecular formula is C16H16N2O2. The number of aromatic amines is 1. The molecule has 0 aliphatic carbocycles. The second-order valence-electron chi connectivity index (χ2n) is 5.11. The van der Waals surface area contributed by atoms with E-state index in [9.17, 15) is 9.59 Å². The summed E-state index contributed by atoms with van der Waals surface area (Å²) in [7, 11) is 0. The molecule has 0 fully saturated rings. The maximum Gasteiger partial charge on any atom is 0.261 e. The maximum absolute atomic E-state index is 12.6. The Morgan fingerprint density at radius 2 is 1.95 bits per heavy atom. The number of H-pyrrole nitrogens is 1. The SMILES string of the molecule is Cc1cc[nH]c(=O)c1C(=O)N1CCc2ccccc2C1. The number of pyridine rings is 1. The molecular weight excluding hydrogens is 252 g/mol. The molecule has 20 heavy (non-hydrogen) atoms. The molecule has 1 aromatic carbocycles. The number of aromatic nitrogens is 1. The normalized spacial score (nSPS) is 13.9. The third-order valence-electron chi connectivity index (χ3n) is 3.80. The minimum atomic E-state index is -0.311. The van der Waals surface area contributed by atoms with E-state index >= 15 is 0 Å². The third kappa shape index (κ3) is 2.13. The highest BCUT2D eigenvalue weighted by Crippen LogP contribution is 2.20. The molecule has 0 radical (unpaired) electrons. The Labute approximate surface area is 117 Å². The van der Waals surface area contributed by atoms with Crippen molar-refractivity contribution in [1.82, 2.24) is 9.88 Å². The number of hydrogen-bond acceptors (Lipinski definition) is 2. The van der Waals surface area contributed by atoms with Gasteiger partial charge in [-0.05, 0) is 36.1 Å². The van der Waals surface area contributed by atoms with Gasteiger partial charge in [0.2, 0.25) is 0 Å². The molecule has 1 amide bonds. The minimum absolute atomic E-state index is 0.182. The molecule has 102 valence electrons. The monoisotopic (exact) mass is 268 g/mol. The zero-order chi connectivity index (χ0) is 14.1. The van der Waals surface area contributed by atoms with Crippen LogP contribution in [-0.2, 0) is 13.0 Å². The van der Waals surface area contributed by atoms with Crippen LogP contribution in [0.5, 0.6) is 0 Å². The standard InChI is InChI=1S/C16H16N2O2/c1-11-6-8-17-15(19)14(11)16(20)18-9-7-12-4-2-3-5-13(12)10-18/h2-6,8H,7,9-10H2,1H3,(H,17,19). The van der Waals surface area contributed by atoms with Gasteiger partial charge >= 0.3 is 0 Å². The molecule has 0 bridgehead atoms. The lowest BCUT2D eigenvalue weighted by atomic mass is 9.99. The molecule has 1 aliphatic heterocycles. The molecule has 0 saturated heterocycles. The molecule has 0 spiro atoms. The van der Waals surface area contributed by atoms with Crippen molar-refractivity contribution in [3.8, 4) is 0 Å². The van der Waals surface area contributed by atoms with Gasteiger partial charge in [0.1, 0.15) is 5.56 Å². The van der Waals surface area contributed by atoms with Crippen molar-refractivity contribution in [3.63, 3.8) is 0 Å². The zero-order valence-electron chi connectivity index (χ0n) is 11.3. The predicted molar refractivity (Wildman–Crippen MR) is 76.7 cm³/mol. The smallest absolute Gasteiger partial charge is 0.261 e. The van der Waals surface area contributed by atoms with Gasteiger partial charge in [-0.2, -0.15) is 0 Å². The summed E-state index contributed by atoms with van der Waals surface area (Å²) in [5.74, 6) is -0.182. The summed E-state index contributed by atoms with van der Waals surface area (Å²) >= 11 is 0. The molecule has 3 rings (SSSR count). The number of rotatable bonds is 1. The Morgan fingerprint density at radius 1 is 1.20 bits per heavy atom. The largest absolute Gasteiger partial charge is 0.334 e. The summed E-state index contributed by atoms with van der Waals surface area (Å²) in [6.07, 6.45) is 2.41. The summed E-state index contributed by atoms with van der Waals surface area (Å²) in [5.41, 5.74) is 3.12. The van der Waals surface area contributed by atoms with E-state index in [2.05, 4.69) is 11.1 Å². The van der Waals surface area contributed by atoms with Crippen LogP contribution in [0, 0.1) is 6.92 Å². The van der Waals surface area contributed by atoms with Crippen LogP contribution in [0.25, 0.3) is 0 Å². The highest BCUT2D eigenvalue weighted by Gasteiger charge is 2.24. The van der Waals surface area contributed by atoms with Crippen molar-refractivity contribution >= 4 is 5.91 Å². The van der Waals surface area contributed by atoms with Gasteiger partial charge in [-0.15, -0.1) is 0 Å². The number of amides is 1. The third-order valence-corrected chi connectivity index (χ3v) is 3.80. The molecule has 0 unspecified atom stereocenters. The van der Waals surface area contributed by atoms with Crippen molar-refractivity contribution < 1.29 is 4.79 Å². The van der Waals surface area contributed by atoms with Crippen molar-refractivity contribution in [2.75, 3.05) is 6.54 Å². The van der Waals surface area contributed by atoms with Gasteiger partial charge < -0.3 is 9.88 Å². The van der Waals surface area contributed by atoms with E-state index in [0.717, 1.165) is 17.5 Å². The zero-order valence-corrected chi connectivity index (χ0v) is 11.3. The minimum Gasteiger partial charge on any atom is -0.334 e. The molecule has 4 nitrogen and oxygen atoms in total. The van der Waals surface area contributed by atoms with Crippen LogP contribution in [0.15, 0.2) is 41.3 Å². The Hall–Kier alpha value is -2.36. The number of fused-ring (bicyclic) bond motifs is 1. The summed E-state index contributed by atoms with van der Waals surface area (Å²) in [6.45, 7) is 3.02. The molecule has 1 aromatic heterocycles. The van der Waals surface area contributed by atoms with E-state index in [1.165, 1.54) is 5.56 Å². The van der Waals surface area contributed by atoms with Crippen LogP contribution in [0.1, 0.15) is 27.0 Å². The number of hydrogen-bond donors (Lipinski definition) is 1. The highest BCUT2D eigenvalue weighted by molar-refractivity contribution is 5.95. The van der Waals surface area contributed by atoms with Crippen molar-refractivity contribution in [3.05, 3.63) is 69.1 Å². The lowest BCUT2D eigenvalue weighted by Crippen LogP contribution is -2.39. The number of carbonyl (C=O) groups is 1. The number of nitrogens with zero attached hydrogens (tertiary/aromatic N) is 1. The average Bonchev–Trinajstić information content (AvgIpc) is 2.46. The molecule has 0 atom stereocenters. The number of benzene rings is 1. The lowest BCUT2D eigenvalue weighted by Gasteiger charge is -2.29. The van der Waals surface area contributed by atoms with E-state index in [4.69, 9.17) is 0 Å². The fourth-order valence-electron chi connectivity index (χ4n) is 2.67. The van der Waals surface area contributed by atoms with Gasteiger partial charge in [-0.25, -0.2) is 0 Å². The summed E-state index contributed by atoms with van der Waals surface area (Å²) in [4.78, 5) is 28.8. The van der Waals surface area contributed by atoms with Gasteiger partial charge in [0.25, 0.3) is 11.5 Å². The maximum atomic E-state index is 12.6. The van der Waals surface area contributed by atoms with Crippen LogP contribution in [-0.4, -0.2) is 22.3 Å². The van der Waals surface area contributed by atoms with Gasteiger partial charge in [0.15, 0.2) is 0 Å². The van der Waals surface area contributed by atoms with E-state index in [1.54, 1.807) is 24.1 Å². The molecule has 1 aliphatic rings. The Balaban J connectivity index is 1.92. The van der Waals surface area contributed by atoms with Crippen LogP contribution < -0.4 is 5.56 Å². The summed E-state index contributed by atoms with van der Waals surface area (Å²) < 4.78 is 0. The molecule has 2 heterocycles. The molecule has 0 saturated carbocycles. The Morgan fingerprint density at radius 3 is 2.70 bits per heavy atom. The van der Waals surface area contributed by atoms with Gasteiger partial charge in [-0.3, -0.25) is 9.59 Å². The Bertz CT molecular complexity index is 718. The first-order valence-corrected chi connectivity index (χ1v) is 6.71.